The molecule has 0 N–H and O–H groups in total. The summed E-state index contributed by atoms with van der Waals surface area (Å²) in [5, 5.41) is 3.87. The molecule has 1 atom stereocenters. The second kappa shape index (κ2) is 6.65. The Labute approximate surface area is 158 Å². The summed E-state index contributed by atoms with van der Waals surface area (Å²) < 4.78 is 40.3. The summed E-state index contributed by atoms with van der Waals surface area (Å²) >= 11 is 0. The van der Waals surface area contributed by atoms with Gasteiger partial charge < -0.3 is 13.8 Å². The van der Waals surface area contributed by atoms with Crippen molar-refractivity contribution in [1.82, 2.24) is 19.7 Å². The van der Waals surface area contributed by atoms with Crippen molar-refractivity contribution < 1.29 is 18.0 Å². The molecule has 0 amide bonds. The van der Waals surface area contributed by atoms with Crippen molar-refractivity contribution in [3.05, 3.63) is 77.8 Å². The maximum absolute atomic E-state index is 13.9. The number of hydrogen-bond donors (Lipinski definition) is 0. The third-order valence-electron chi connectivity index (χ3n) is 4.72. The molecule has 6 nitrogen and oxygen atoms in total. The van der Waals surface area contributed by atoms with Gasteiger partial charge >= 0.3 is 0 Å². The van der Waals surface area contributed by atoms with E-state index in [2.05, 4.69) is 15.1 Å². The van der Waals surface area contributed by atoms with Crippen molar-refractivity contribution >= 4 is 0 Å². The van der Waals surface area contributed by atoms with Crippen molar-refractivity contribution in [2.45, 2.75) is 19.3 Å². The largest absolute Gasteiger partial charge is 0.365 e. The first kappa shape index (κ1) is 16.8. The molecule has 1 unspecified atom stereocenters. The first-order valence-corrected chi connectivity index (χ1v) is 8.69. The van der Waals surface area contributed by atoms with Gasteiger partial charge in [0.25, 0.3) is 5.89 Å². The number of nitrogens with zero attached hydrogens (tertiary/aromatic N) is 4. The summed E-state index contributed by atoms with van der Waals surface area (Å²) in [5.74, 6) is -0.342. The molecule has 2 aromatic heterocycles. The van der Waals surface area contributed by atoms with Gasteiger partial charge in [0.05, 0.1) is 30.7 Å². The molecule has 4 aromatic rings. The fraction of sp³-hybridized carbons (Fsp3) is 0.150. The Balaban J connectivity index is 1.43. The average molecular weight is 380 g/mol. The second-order valence-corrected chi connectivity index (χ2v) is 6.45. The first-order chi connectivity index (χ1) is 13.7. The molecule has 0 radical (unpaired) electrons. The van der Waals surface area contributed by atoms with Crippen LogP contribution < -0.4 is 0 Å². The van der Waals surface area contributed by atoms with Gasteiger partial charge in [-0.15, -0.1) is 0 Å². The van der Waals surface area contributed by atoms with E-state index in [0.29, 0.717) is 12.2 Å². The van der Waals surface area contributed by atoms with Gasteiger partial charge in [0, 0.05) is 0 Å². The Hall–Kier alpha value is -3.39. The minimum absolute atomic E-state index is 0.163. The van der Waals surface area contributed by atoms with Crippen LogP contribution in [0.3, 0.4) is 0 Å². The van der Waals surface area contributed by atoms with E-state index in [0.717, 1.165) is 11.3 Å². The van der Waals surface area contributed by atoms with Crippen LogP contribution in [0.15, 0.2) is 59.4 Å². The minimum Gasteiger partial charge on any atom is -0.365 e. The standard InChI is InChI=1S/C20H14F2N4O2/c21-13-7-5-12(6-8-13)17-9-26-11-23-18(16(26)10-27-17)20-24-19(25-28-20)14-3-1-2-4-15(14)22/h1-8,11,17H,9-10H2. The number of hydrogen-bond acceptors (Lipinski definition) is 5. The highest BCUT2D eigenvalue weighted by Crippen LogP contribution is 2.32. The number of aromatic nitrogens is 4. The molecule has 1 aliphatic rings. The minimum atomic E-state index is -0.424. The molecule has 28 heavy (non-hydrogen) atoms. The maximum atomic E-state index is 13.9. The van der Waals surface area contributed by atoms with Crippen LogP contribution in [0.25, 0.3) is 23.0 Å². The van der Waals surface area contributed by atoms with E-state index in [1.807, 2.05) is 4.57 Å². The highest BCUT2D eigenvalue weighted by molar-refractivity contribution is 5.59. The number of fused-ring (bicyclic) bond motifs is 1. The molecular formula is C20H14F2N4O2. The molecule has 140 valence electrons. The molecule has 0 fully saturated rings. The summed E-state index contributed by atoms with van der Waals surface area (Å²) in [6.45, 7) is 0.817. The van der Waals surface area contributed by atoms with Gasteiger partial charge in [0.1, 0.15) is 17.7 Å². The number of rotatable bonds is 3. The number of imidazole rings is 1. The second-order valence-electron chi connectivity index (χ2n) is 6.45. The molecule has 0 spiro atoms. The molecule has 1 aliphatic heterocycles. The molecule has 0 saturated carbocycles. The van der Waals surface area contributed by atoms with Crippen LogP contribution in [-0.2, 0) is 17.9 Å². The van der Waals surface area contributed by atoms with E-state index in [1.165, 1.54) is 18.2 Å². The Kier molecular flexibility index (Phi) is 3.98. The van der Waals surface area contributed by atoms with E-state index >= 15 is 0 Å². The van der Waals surface area contributed by atoms with Crippen molar-refractivity contribution in [2.24, 2.45) is 0 Å². The smallest absolute Gasteiger partial charge is 0.278 e. The first-order valence-electron chi connectivity index (χ1n) is 8.69. The van der Waals surface area contributed by atoms with Crippen LogP contribution in [0, 0.1) is 11.6 Å². The molecule has 0 aliphatic carbocycles. The summed E-state index contributed by atoms with van der Waals surface area (Å²) in [5.41, 5.74) is 2.45. The third kappa shape index (κ3) is 2.87. The molecule has 0 saturated heterocycles. The third-order valence-corrected chi connectivity index (χ3v) is 4.72. The molecule has 0 bridgehead atoms. The predicted molar refractivity (Wildman–Crippen MR) is 94.8 cm³/mol. The van der Waals surface area contributed by atoms with Crippen molar-refractivity contribution in [1.29, 1.82) is 0 Å². The molecule has 3 heterocycles. The van der Waals surface area contributed by atoms with Gasteiger partial charge in [-0.25, -0.2) is 13.8 Å². The quantitative estimate of drug-likeness (QED) is 0.534. The zero-order valence-corrected chi connectivity index (χ0v) is 14.5. The van der Waals surface area contributed by atoms with Gasteiger partial charge in [-0.3, -0.25) is 0 Å². The Bertz CT molecular complexity index is 1140. The van der Waals surface area contributed by atoms with Crippen molar-refractivity contribution in [3.63, 3.8) is 0 Å². The fourth-order valence-corrected chi connectivity index (χ4v) is 3.26. The molecule has 2 aromatic carbocycles. The van der Waals surface area contributed by atoms with E-state index in [9.17, 15) is 8.78 Å². The van der Waals surface area contributed by atoms with E-state index in [1.54, 1.807) is 36.7 Å². The topological polar surface area (TPSA) is 66.0 Å². The monoisotopic (exact) mass is 380 g/mol. The Morgan fingerprint density at radius 3 is 2.68 bits per heavy atom. The summed E-state index contributed by atoms with van der Waals surface area (Å²) in [6, 6.07) is 12.5. The van der Waals surface area contributed by atoms with Crippen LogP contribution in [0.4, 0.5) is 8.78 Å². The Morgan fingerprint density at radius 2 is 1.86 bits per heavy atom. The van der Waals surface area contributed by atoms with E-state index in [-0.39, 0.29) is 35.8 Å². The predicted octanol–water partition coefficient (Wildman–Crippen LogP) is 4.15. The van der Waals surface area contributed by atoms with Crippen molar-refractivity contribution in [2.75, 3.05) is 0 Å². The summed E-state index contributed by atoms with van der Waals surface area (Å²) in [4.78, 5) is 8.66. The Morgan fingerprint density at radius 1 is 1.04 bits per heavy atom. The molecular weight excluding hydrogens is 366 g/mol. The molecule has 5 rings (SSSR count). The lowest BCUT2D eigenvalue weighted by Crippen LogP contribution is -2.20. The van der Waals surface area contributed by atoms with Crippen LogP contribution in [0.2, 0.25) is 0 Å². The lowest BCUT2D eigenvalue weighted by Gasteiger charge is -2.25. The highest BCUT2D eigenvalue weighted by Gasteiger charge is 2.27. The SMILES string of the molecule is Fc1ccc(C2Cn3cnc(-c4nc(-c5ccccc5F)no4)c3CO2)cc1. The average Bonchev–Trinajstić information content (AvgIpc) is 3.35. The molecule has 8 heteroatoms. The summed E-state index contributed by atoms with van der Waals surface area (Å²) in [7, 11) is 0. The highest BCUT2D eigenvalue weighted by atomic mass is 19.1. The van der Waals surface area contributed by atoms with Gasteiger partial charge in [-0.2, -0.15) is 4.98 Å². The lowest BCUT2D eigenvalue weighted by molar-refractivity contribution is 0.00326. The maximum Gasteiger partial charge on any atom is 0.278 e. The fourth-order valence-electron chi connectivity index (χ4n) is 3.26. The zero-order valence-electron chi connectivity index (χ0n) is 14.5. The normalized spacial score (nSPS) is 16.1. The van der Waals surface area contributed by atoms with Crippen LogP contribution in [0.5, 0.6) is 0 Å². The van der Waals surface area contributed by atoms with Gasteiger partial charge in [0.2, 0.25) is 5.82 Å². The number of benzene rings is 2. The van der Waals surface area contributed by atoms with E-state index in [4.69, 9.17) is 9.26 Å². The van der Waals surface area contributed by atoms with Gasteiger partial charge in [0.15, 0.2) is 5.69 Å². The van der Waals surface area contributed by atoms with Gasteiger partial charge in [-0.1, -0.05) is 29.4 Å². The summed E-state index contributed by atoms with van der Waals surface area (Å²) in [6.07, 6.45) is 1.48. The zero-order chi connectivity index (χ0) is 19.1. The van der Waals surface area contributed by atoms with Gasteiger partial charge in [-0.05, 0) is 29.8 Å². The van der Waals surface area contributed by atoms with Crippen molar-refractivity contribution in [3.8, 4) is 23.0 Å². The van der Waals surface area contributed by atoms with Crippen LogP contribution >= 0.6 is 0 Å². The van der Waals surface area contributed by atoms with Crippen LogP contribution in [-0.4, -0.2) is 19.7 Å². The lowest BCUT2D eigenvalue weighted by atomic mass is 10.1. The number of ether oxygens (including phenoxy) is 1. The van der Waals surface area contributed by atoms with E-state index < -0.39 is 5.82 Å². The van der Waals surface area contributed by atoms with Crippen LogP contribution in [0.1, 0.15) is 17.4 Å². The number of halogens is 2.